The van der Waals surface area contributed by atoms with E-state index >= 15 is 0 Å². The monoisotopic (exact) mass is 243 g/mol. The van der Waals surface area contributed by atoms with Gasteiger partial charge in [0.15, 0.2) is 0 Å². The van der Waals surface area contributed by atoms with E-state index in [9.17, 15) is 4.79 Å². The van der Waals surface area contributed by atoms with E-state index in [1.807, 2.05) is 0 Å². The zero-order valence-corrected chi connectivity index (χ0v) is 11.6. The molecule has 0 atom stereocenters. The summed E-state index contributed by atoms with van der Waals surface area (Å²) >= 11 is 0. The fourth-order valence-electron chi connectivity index (χ4n) is 1.89. The van der Waals surface area contributed by atoms with Crippen molar-refractivity contribution in [1.82, 2.24) is 5.06 Å². The molecule has 3 heteroatoms. The largest absolute Gasteiger partial charge is 0.286 e. The van der Waals surface area contributed by atoms with Crippen molar-refractivity contribution >= 4 is 5.91 Å². The molecule has 0 aliphatic carbocycles. The van der Waals surface area contributed by atoms with E-state index in [0.29, 0.717) is 13.0 Å². The minimum absolute atomic E-state index is 0.143. The zero-order valence-electron chi connectivity index (χ0n) is 11.6. The van der Waals surface area contributed by atoms with Gasteiger partial charge < -0.3 is 0 Å². The molecular formula is C14H29NO2. The molecule has 0 spiro atoms. The first-order valence-electron chi connectivity index (χ1n) is 7.21. The molecule has 0 unspecified atom stereocenters. The summed E-state index contributed by atoms with van der Waals surface area (Å²) in [4.78, 5) is 11.3. The van der Waals surface area contributed by atoms with Gasteiger partial charge >= 0.3 is 0 Å². The van der Waals surface area contributed by atoms with Crippen molar-refractivity contribution in [1.29, 1.82) is 0 Å². The Kier molecular flexibility index (Phi) is 11.5. The molecule has 1 N–H and O–H groups in total. The molecule has 0 radical (unpaired) electrons. The highest BCUT2D eigenvalue weighted by molar-refractivity contribution is 5.74. The average Bonchev–Trinajstić information content (AvgIpc) is 2.35. The first-order chi connectivity index (χ1) is 8.22. The van der Waals surface area contributed by atoms with Gasteiger partial charge in [0, 0.05) is 13.0 Å². The summed E-state index contributed by atoms with van der Waals surface area (Å²) in [6.45, 7) is 4.39. The average molecular weight is 243 g/mol. The van der Waals surface area contributed by atoms with Gasteiger partial charge in [-0.3, -0.25) is 10.0 Å². The van der Waals surface area contributed by atoms with Crippen molar-refractivity contribution < 1.29 is 10.0 Å². The van der Waals surface area contributed by atoms with Gasteiger partial charge in [-0.1, -0.05) is 58.3 Å². The van der Waals surface area contributed by atoms with Crippen LogP contribution >= 0.6 is 0 Å². The summed E-state index contributed by atoms with van der Waals surface area (Å²) in [5.74, 6) is -0.143. The summed E-state index contributed by atoms with van der Waals surface area (Å²) in [5.41, 5.74) is 0. The number of rotatable bonds is 11. The maximum absolute atomic E-state index is 11.3. The number of carbonyl (C=O) groups is 1. The Bertz CT molecular complexity index is 183. The molecular weight excluding hydrogens is 214 g/mol. The van der Waals surface area contributed by atoms with E-state index in [1.165, 1.54) is 44.9 Å². The van der Waals surface area contributed by atoms with Gasteiger partial charge in [0.25, 0.3) is 0 Å². The second kappa shape index (κ2) is 11.9. The van der Waals surface area contributed by atoms with E-state index in [4.69, 9.17) is 5.21 Å². The van der Waals surface area contributed by atoms with Gasteiger partial charge in [-0.15, -0.1) is 0 Å². The number of unbranched alkanes of at least 4 members (excludes halogenated alkanes) is 8. The number of hydroxylamine groups is 2. The number of hydrogen-bond donors (Lipinski definition) is 1. The second-order valence-electron chi connectivity index (χ2n) is 4.69. The minimum Gasteiger partial charge on any atom is -0.286 e. The molecule has 0 heterocycles. The Morgan fingerprint density at radius 1 is 0.882 bits per heavy atom. The van der Waals surface area contributed by atoms with Crippen LogP contribution in [0.25, 0.3) is 0 Å². The first-order valence-corrected chi connectivity index (χ1v) is 7.21. The molecule has 102 valence electrons. The fraction of sp³-hybridized carbons (Fsp3) is 0.929. The molecule has 17 heavy (non-hydrogen) atoms. The number of hydrogen-bond acceptors (Lipinski definition) is 2. The molecule has 0 bridgehead atoms. The Balaban J connectivity index is 3.16. The van der Waals surface area contributed by atoms with Gasteiger partial charge in [0.2, 0.25) is 5.91 Å². The molecule has 0 aliphatic heterocycles. The van der Waals surface area contributed by atoms with Crippen LogP contribution in [0.1, 0.15) is 78.1 Å². The third kappa shape index (κ3) is 10.3. The Hall–Kier alpha value is -0.570. The van der Waals surface area contributed by atoms with Crippen LogP contribution in [0.5, 0.6) is 0 Å². The smallest absolute Gasteiger partial charge is 0.245 e. The molecule has 0 fully saturated rings. The highest BCUT2D eigenvalue weighted by Gasteiger charge is 2.06. The lowest BCUT2D eigenvalue weighted by Crippen LogP contribution is -2.26. The van der Waals surface area contributed by atoms with Crippen LogP contribution < -0.4 is 0 Å². The lowest BCUT2D eigenvalue weighted by molar-refractivity contribution is -0.164. The van der Waals surface area contributed by atoms with Crippen molar-refractivity contribution in [2.45, 2.75) is 78.1 Å². The summed E-state index contributed by atoms with van der Waals surface area (Å²) < 4.78 is 0. The minimum atomic E-state index is -0.143. The van der Waals surface area contributed by atoms with Gasteiger partial charge in [-0.05, 0) is 13.3 Å². The molecule has 0 aromatic carbocycles. The topological polar surface area (TPSA) is 40.5 Å². The number of nitrogens with zero attached hydrogens (tertiary/aromatic N) is 1. The molecule has 3 nitrogen and oxygen atoms in total. The standard InChI is InChI=1S/C14H29NO2/c1-3-5-6-7-8-9-10-11-12-13-14(16)15(17)4-2/h17H,3-13H2,1-2H3. The normalized spacial score (nSPS) is 10.5. The van der Waals surface area contributed by atoms with Crippen molar-refractivity contribution in [2.24, 2.45) is 0 Å². The molecule has 0 aliphatic rings. The van der Waals surface area contributed by atoms with Crippen LogP contribution in [0.3, 0.4) is 0 Å². The number of amides is 1. The summed E-state index contributed by atoms with van der Waals surface area (Å²) in [5, 5.41) is 9.94. The van der Waals surface area contributed by atoms with Crippen molar-refractivity contribution in [3.63, 3.8) is 0 Å². The van der Waals surface area contributed by atoms with Crippen molar-refractivity contribution in [3.8, 4) is 0 Å². The molecule has 0 aromatic heterocycles. The third-order valence-corrected chi connectivity index (χ3v) is 3.08. The van der Waals surface area contributed by atoms with E-state index in [0.717, 1.165) is 17.9 Å². The highest BCUT2D eigenvalue weighted by Crippen LogP contribution is 2.10. The Labute approximate surface area is 106 Å². The van der Waals surface area contributed by atoms with Crippen LogP contribution in [-0.2, 0) is 4.79 Å². The quantitative estimate of drug-likeness (QED) is 0.336. The van der Waals surface area contributed by atoms with Crippen LogP contribution in [0.2, 0.25) is 0 Å². The lowest BCUT2D eigenvalue weighted by Gasteiger charge is -2.11. The number of carbonyl (C=O) groups excluding carboxylic acids is 1. The van der Waals surface area contributed by atoms with Crippen molar-refractivity contribution in [3.05, 3.63) is 0 Å². The highest BCUT2D eigenvalue weighted by atomic mass is 16.5. The second-order valence-corrected chi connectivity index (χ2v) is 4.69. The molecule has 0 rings (SSSR count). The molecule has 0 saturated carbocycles. The fourth-order valence-corrected chi connectivity index (χ4v) is 1.89. The molecule has 0 aromatic rings. The zero-order chi connectivity index (χ0) is 12.9. The SMILES string of the molecule is CCCCCCCCCCCC(=O)N(O)CC. The van der Waals surface area contributed by atoms with Gasteiger partial charge in [-0.25, -0.2) is 5.06 Å². The van der Waals surface area contributed by atoms with Gasteiger partial charge in [0.1, 0.15) is 0 Å². The summed E-state index contributed by atoms with van der Waals surface area (Å²) in [6.07, 6.45) is 11.7. The lowest BCUT2D eigenvalue weighted by atomic mass is 10.1. The third-order valence-electron chi connectivity index (χ3n) is 3.08. The van der Waals surface area contributed by atoms with Crippen LogP contribution in [0.4, 0.5) is 0 Å². The maximum Gasteiger partial charge on any atom is 0.245 e. The van der Waals surface area contributed by atoms with E-state index in [1.54, 1.807) is 6.92 Å². The van der Waals surface area contributed by atoms with Crippen LogP contribution in [0.15, 0.2) is 0 Å². The van der Waals surface area contributed by atoms with E-state index in [2.05, 4.69) is 6.92 Å². The Morgan fingerprint density at radius 2 is 1.35 bits per heavy atom. The van der Waals surface area contributed by atoms with E-state index < -0.39 is 0 Å². The van der Waals surface area contributed by atoms with Gasteiger partial charge in [0.05, 0.1) is 0 Å². The van der Waals surface area contributed by atoms with Crippen molar-refractivity contribution in [2.75, 3.05) is 6.54 Å². The van der Waals surface area contributed by atoms with Crippen LogP contribution in [0, 0.1) is 0 Å². The van der Waals surface area contributed by atoms with Crippen LogP contribution in [-0.4, -0.2) is 22.7 Å². The predicted octanol–water partition coefficient (Wildman–Crippen LogP) is 4.15. The van der Waals surface area contributed by atoms with Gasteiger partial charge in [-0.2, -0.15) is 0 Å². The Morgan fingerprint density at radius 3 is 1.82 bits per heavy atom. The first kappa shape index (κ1) is 16.4. The maximum atomic E-state index is 11.3. The molecule has 1 amide bonds. The summed E-state index contributed by atoms with van der Waals surface area (Å²) in [6, 6.07) is 0. The van der Waals surface area contributed by atoms with E-state index in [-0.39, 0.29) is 5.91 Å². The summed E-state index contributed by atoms with van der Waals surface area (Å²) in [7, 11) is 0. The molecule has 0 saturated heterocycles. The predicted molar refractivity (Wildman–Crippen MR) is 71.0 cm³/mol.